The van der Waals surface area contributed by atoms with Crippen molar-refractivity contribution in [2.75, 3.05) is 13.1 Å². The first-order valence-electron chi connectivity index (χ1n) is 5.31. The van der Waals surface area contributed by atoms with Crippen LogP contribution >= 0.6 is 0 Å². The van der Waals surface area contributed by atoms with Crippen LogP contribution in [0.1, 0.15) is 39.5 Å². The van der Waals surface area contributed by atoms with Crippen LogP contribution in [0.3, 0.4) is 0 Å². The molecule has 6 nitrogen and oxygen atoms in total. The Morgan fingerprint density at radius 1 is 0.875 bits per heavy atom. The molecule has 0 aromatic rings. The maximum absolute atomic E-state index is 11.1. The van der Waals surface area contributed by atoms with Gasteiger partial charge in [-0.25, -0.2) is 0 Å². The van der Waals surface area contributed by atoms with Crippen LogP contribution in [0, 0.1) is 10.4 Å². The van der Waals surface area contributed by atoms with Gasteiger partial charge in [0.1, 0.15) is 11.6 Å². The van der Waals surface area contributed by atoms with Crippen molar-refractivity contribution < 1.29 is 19.3 Å². The van der Waals surface area contributed by atoms with Gasteiger partial charge in [-0.1, -0.05) is 0 Å². The van der Waals surface area contributed by atoms with Crippen LogP contribution < -0.4 is 0 Å². The molecule has 0 aliphatic heterocycles. The Kier molecular flexibility index (Phi) is 7.07. The Bertz CT molecular complexity index is 259. The molecule has 6 heteroatoms. The molecule has 92 valence electrons. The topological polar surface area (TPSA) is 86.3 Å². The Labute approximate surface area is 94.7 Å². The van der Waals surface area contributed by atoms with Crippen molar-refractivity contribution >= 4 is 11.6 Å². The maximum Gasteiger partial charge on any atom is 0.220 e. The van der Waals surface area contributed by atoms with Gasteiger partial charge in [0.2, 0.25) is 13.1 Å². The molecule has 0 aromatic heterocycles. The van der Waals surface area contributed by atoms with Crippen molar-refractivity contribution in [3.05, 3.63) is 10.4 Å². The van der Waals surface area contributed by atoms with Gasteiger partial charge in [-0.05, 0) is 13.8 Å². The van der Waals surface area contributed by atoms with E-state index in [1.807, 2.05) is 0 Å². The predicted octanol–water partition coefficient (Wildman–Crippen LogP) is 1.20. The van der Waals surface area contributed by atoms with Crippen molar-refractivity contribution in [3.63, 3.8) is 0 Å². The number of carbonyl (C=O) groups excluding carboxylic acids is 2. The average molecular weight is 230 g/mol. The van der Waals surface area contributed by atoms with Gasteiger partial charge in [0.15, 0.2) is 0 Å². The highest BCUT2D eigenvalue weighted by atomic mass is 16.6. The van der Waals surface area contributed by atoms with E-state index in [0.29, 0.717) is 35.4 Å². The lowest BCUT2D eigenvalue weighted by Gasteiger charge is -2.03. The molecule has 0 aliphatic rings. The summed E-state index contributed by atoms with van der Waals surface area (Å²) < 4.78 is 0. The van der Waals surface area contributed by atoms with E-state index in [1.165, 1.54) is 13.8 Å². The Morgan fingerprint density at radius 3 is 1.44 bits per heavy atom. The van der Waals surface area contributed by atoms with Crippen molar-refractivity contribution in [3.8, 4) is 0 Å². The number of rotatable bonds is 8. The van der Waals surface area contributed by atoms with Gasteiger partial charge in [-0.2, -0.15) is 0 Å². The molecule has 0 spiro atoms. The molecule has 0 saturated heterocycles. The molecule has 16 heavy (non-hydrogen) atoms. The SMILES string of the molecule is CC(=O)CCC/[N+]([O-])=[N+](\[O-])CCCC(C)=O. The normalized spacial score (nSPS) is 12.1. The second kappa shape index (κ2) is 7.78. The van der Waals surface area contributed by atoms with E-state index >= 15 is 0 Å². The number of hydroxylamine groups is 2. The molecule has 0 amide bonds. The molecular weight excluding hydrogens is 212 g/mol. The number of carbonyl (C=O) groups is 2. The molecule has 0 aromatic carbocycles. The van der Waals surface area contributed by atoms with Crippen molar-refractivity contribution in [2.24, 2.45) is 0 Å². The Balaban J connectivity index is 3.85. The fourth-order valence-corrected chi connectivity index (χ4v) is 1.15. The lowest BCUT2D eigenvalue weighted by atomic mass is 10.2. The van der Waals surface area contributed by atoms with Crippen molar-refractivity contribution in [1.29, 1.82) is 0 Å². The largest absolute Gasteiger partial charge is 0.567 e. The zero-order chi connectivity index (χ0) is 12.6. The minimum atomic E-state index is 0.00225. The highest BCUT2D eigenvalue weighted by molar-refractivity contribution is 5.75. The first-order chi connectivity index (χ1) is 7.43. The van der Waals surface area contributed by atoms with Crippen LogP contribution in [0.15, 0.2) is 0 Å². The average Bonchev–Trinajstić information content (AvgIpc) is 2.16. The molecule has 0 rings (SSSR count). The monoisotopic (exact) mass is 230 g/mol. The van der Waals surface area contributed by atoms with E-state index in [2.05, 4.69) is 0 Å². The second-order valence-corrected chi connectivity index (χ2v) is 3.76. The summed E-state index contributed by atoms with van der Waals surface area (Å²) in [6.07, 6.45) is 1.37. The number of azo groups is 1. The van der Waals surface area contributed by atoms with E-state index in [-0.39, 0.29) is 24.7 Å². The predicted molar refractivity (Wildman–Crippen MR) is 56.8 cm³/mol. The number of hydrogen-bond acceptors (Lipinski definition) is 4. The highest BCUT2D eigenvalue weighted by Crippen LogP contribution is 1.94. The number of Topliss-reactive ketones (excluding diaryl/α,β-unsaturated/α-hetero) is 2. The summed E-state index contributed by atoms with van der Waals surface area (Å²) in [5.41, 5.74) is 0. The van der Waals surface area contributed by atoms with Crippen LogP contribution in [0.5, 0.6) is 0 Å². The molecule has 0 aliphatic carbocycles. The quantitative estimate of drug-likeness (QED) is 0.356. The summed E-state index contributed by atoms with van der Waals surface area (Å²) >= 11 is 0. The summed E-state index contributed by atoms with van der Waals surface area (Å²) in [6, 6.07) is 0. The molecule has 0 bridgehead atoms. The summed E-state index contributed by atoms with van der Waals surface area (Å²) in [5.74, 6) is 0.00450. The number of hydrogen-bond donors (Lipinski definition) is 0. The fraction of sp³-hybridized carbons (Fsp3) is 0.800. The molecule has 0 fully saturated rings. The van der Waals surface area contributed by atoms with Gasteiger partial charge < -0.3 is 20.0 Å². The van der Waals surface area contributed by atoms with Gasteiger partial charge in [-0.3, -0.25) is 0 Å². The molecular formula is C10H18N2O4. The van der Waals surface area contributed by atoms with Crippen LogP contribution in [-0.4, -0.2) is 34.4 Å². The van der Waals surface area contributed by atoms with Crippen LogP contribution in [-0.2, 0) is 9.59 Å². The first-order valence-corrected chi connectivity index (χ1v) is 5.31. The standard InChI is InChI=1S/C10H18N2O4/c1-9(13)5-3-7-11(15)12(16)8-4-6-10(2)14/h3-8H2,1-2H3/b12-11+. The van der Waals surface area contributed by atoms with E-state index in [0.717, 1.165) is 0 Å². The molecule has 0 N–H and O–H groups in total. The zero-order valence-electron chi connectivity index (χ0n) is 9.77. The van der Waals surface area contributed by atoms with Crippen LogP contribution in [0.2, 0.25) is 0 Å². The third-order valence-corrected chi connectivity index (χ3v) is 2.01. The number of ketones is 2. The third-order valence-electron chi connectivity index (χ3n) is 2.01. The van der Waals surface area contributed by atoms with E-state index in [4.69, 9.17) is 0 Å². The fourth-order valence-electron chi connectivity index (χ4n) is 1.15. The van der Waals surface area contributed by atoms with Crippen molar-refractivity contribution in [2.45, 2.75) is 39.5 Å². The summed E-state index contributed by atoms with van der Waals surface area (Å²) in [4.78, 5) is 21.8. The van der Waals surface area contributed by atoms with Crippen molar-refractivity contribution in [1.82, 2.24) is 0 Å². The van der Waals surface area contributed by atoms with Gasteiger partial charge >= 0.3 is 0 Å². The van der Waals surface area contributed by atoms with E-state index in [1.54, 1.807) is 0 Å². The Morgan fingerprint density at radius 2 is 1.19 bits per heavy atom. The van der Waals surface area contributed by atoms with Crippen LogP contribution in [0.4, 0.5) is 0 Å². The molecule has 0 radical (unpaired) electrons. The van der Waals surface area contributed by atoms with Crippen LogP contribution in [0.25, 0.3) is 0 Å². The van der Waals surface area contributed by atoms with E-state index < -0.39 is 0 Å². The molecule has 0 heterocycles. The first kappa shape index (κ1) is 14.5. The van der Waals surface area contributed by atoms with Gasteiger partial charge in [0.05, 0.1) is 0 Å². The third kappa shape index (κ3) is 7.90. The van der Waals surface area contributed by atoms with Gasteiger partial charge in [0.25, 0.3) is 0 Å². The van der Waals surface area contributed by atoms with E-state index in [9.17, 15) is 20.0 Å². The summed E-state index contributed by atoms with van der Waals surface area (Å²) in [6.45, 7) is 2.92. The highest BCUT2D eigenvalue weighted by Gasteiger charge is 2.08. The Hall–Kier alpha value is -1.46. The molecule has 0 saturated carbocycles. The second-order valence-electron chi connectivity index (χ2n) is 3.76. The zero-order valence-corrected chi connectivity index (χ0v) is 9.77. The lowest BCUT2D eigenvalue weighted by molar-refractivity contribution is -0.970. The minimum absolute atomic E-state index is 0.00225. The minimum Gasteiger partial charge on any atom is -0.567 e. The molecule has 0 unspecified atom stereocenters. The molecule has 0 atom stereocenters. The van der Waals surface area contributed by atoms with Gasteiger partial charge in [-0.15, -0.1) is 0 Å². The lowest BCUT2D eigenvalue weighted by Crippen LogP contribution is -2.20. The summed E-state index contributed by atoms with van der Waals surface area (Å²) in [5, 5.41) is 22.3. The summed E-state index contributed by atoms with van der Waals surface area (Å²) in [7, 11) is 0. The smallest absolute Gasteiger partial charge is 0.220 e. The number of nitrogens with zero attached hydrogens (tertiary/aromatic N) is 2. The maximum atomic E-state index is 11.1. The van der Waals surface area contributed by atoms with Gasteiger partial charge in [0, 0.05) is 35.4 Å².